The molecule has 0 aliphatic carbocycles. The summed E-state index contributed by atoms with van der Waals surface area (Å²) in [5.41, 5.74) is 6.28. The van der Waals surface area contributed by atoms with Crippen molar-refractivity contribution in [3.05, 3.63) is 42.0 Å². The van der Waals surface area contributed by atoms with Gasteiger partial charge in [-0.15, -0.1) is 0 Å². The largest absolute Gasteiger partial charge is 0.355 e. The maximum Gasteiger partial charge on any atom is 0.156 e. The molecule has 0 radical (unpaired) electrons. The number of likely N-dealkylation sites (tertiary alicyclic amines) is 1. The third kappa shape index (κ3) is 3.29. The maximum absolute atomic E-state index is 5.39. The van der Waals surface area contributed by atoms with Crippen LogP contribution >= 0.6 is 12.1 Å². The summed E-state index contributed by atoms with van der Waals surface area (Å²) in [5.74, 6) is 1.83. The summed E-state index contributed by atoms with van der Waals surface area (Å²) in [4.78, 5) is 2.39. The molecule has 0 aromatic heterocycles. The van der Waals surface area contributed by atoms with Crippen LogP contribution in [0, 0.1) is 5.92 Å². The van der Waals surface area contributed by atoms with Gasteiger partial charge in [-0.25, -0.2) is 0 Å². The highest BCUT2D eigenvalue weighted by molar-refractivity contribution is 7.95. The summed E-state index contributed by atoms with van der Waals surface area (Å²) in [6, 6.07) is 8.34. The van der Waals surface area contributed by atoms with E-state index in [9.17, 15) is 0 Å². The summed E-state index contributed by atoms with van der Waals surface area (Å²) in [6.07, 6.45) is 3.61. The number of fused-ring (bicyclic) bond motifs is 1. The smallest absolute Gasteiger partial charge is 0.156 e. The Morgan fingerprint density at radius 2 is 2.05 bits per heavy atom. The summed E-state index contributed by atoms with van der Waals surface area (Å²) in [6.45, 7) is 7.13. The van der Waals surface area contributed by atoms with Crippen LogP contribution in [0.15, 0.2) is 35.9 Å². The average Bonchev–Trinajstić information content (AvgIpc) is 2.57. The molecule has 0 saturated carbocycles. The van der Waals surface area contributed by atoms with Crippen LogP contribution in [0.3, 0.4) is 0 Å². The van der Waals surface area contributed by atoms with Crippen molar-refractivity contribution in [3.8, 4) is 0 Å². The molecule has 6 heteroatoms. The van der Waals surface area contributed by atoms with E-state index in [1.54, 1.807) is 0 Å². The fraction of sp³-hybridized carbons (Fsp3) is 0.438. The van der Waals surface area contributed by atoms with E-state index in [1.165, 1.54) is 37.0 Å². The zero-order valence-corrected chi connectivity index (χ0v) is 13.5. The van der Waals surface area contributed by atoms with E-state index in [2.05, 4.69) is 44.9 Å². The SMILES string of the molecule is C=C1NN=C(N2CCC(CCNSN)CC2)c2ccccc21. The van der Waals surface area contributed by atoms with Gasteiger partial charge in [-0.05, 0) is 25.2 Å². The van der Waals surface area contributed by atoms with Crippen molar-refractivity contribution in [2.45, 2.75) is 19.3 Å². The van der Waals surface area contributed by atoms with Crippen molar-refractivity contribution < 1.29 is 0 Å². The molecule has 4 N–H and O–H groups in total. The molecular weight excluding hydrogens is 294 g/mol. The number of amidine groups is 1. The van der Waals surface area contributed by atoms with E-state index >= 15 is 0 Å². The van der Waals surface area contributed by atoms with Gasteiger partial charge in [-0.1, -0.05) is 30.8 Å². The van der Waals surface area contributed by atoms with Gasteiger partial charge in [0.25, 0.3) is 0 Å². The number of hydrogen-bond acceptors (Lipinski definition) is 6. The lowest BCUT2D eigenvalue weighted by molar-refractivity contribution is 0.256. The number of hydrogen-bond donors (Lipinski definition) is 3. The lowest BCUT2D eigenvalue weighted by Gasteiger charge is -2.36. The topological polar surface area (TPSA) is 65.7 Å². The van der Waals surface area contributed by atoms with Crippen LogP contribution in [0.4, 0.5) is 0 Å². The van der Waals surface area contributed by atoms with Gasteiger partial charge in [0.1, 0.15) is 0 Å². The minimum Gasteiger partial charge on any atom is -0.355 e. The predicted molar refractivity (Wildman–Crippen MR) is 93.8 cm³/mol. The first-order valence-electron chi connectivity index (χ1n) is 7.75. The van der Waals surface area contributed by atoms with Crippen molar-refractivity contribution in [2.24, 2.45) is 16.2 Å². The van der Waals surface area contributed by atoms with Gasteiger partial charge in [0, 0.05) is 42.9 Å². The predicted octanol–water partition coefficient (Wildman–Crippen LogP) is 2.14. The van der Waals surface area contributed by atoms with Crippen molar-refractivity contribution in [2.75, 3.05) is 19.6 Å². The molecule has 118 valence electrons. The lowest BCUT2D eigenvalue weighted by Crippen LogP contribution is -2.41. The fourth-order valence-electron chi connectivity index (χ4n) is 3.18. The minimum atomic E-state index is 0.776. The number of rotatable bonds is 4. The van der Waals surface area contributed by atoms with Crippen molar-refractivity contribution >= 4 is 23.7 Å². The molecule has 0 amide bonds. The number of hydrazone groups is 1. The van der Waals surface area contributed by atoms with E-state index in [4.69, 9.17) is 5.14 Å². The summed E-state index contributed by atoms with van der Waals surface area (Å²) < 4.78 is 3.13. The number of nitrogens with zero attached hydrogens (tertiary/aromatic N) is 2. The molecule has 2 heterocycles. The number of piperidine rings is 1. The van der Waals surface area contributed by atoms with Gasteiger partial charge in [0.05, 0.1) is 5.70 Å². The second-order valence-electron chi connectivity index (χ2n) is 5.80. The normalized spacial score (nSPS) is 18.7. The molecular formula is C16H23N5S. The maximum atomic E-state index is 5.39. The Balaban J connectivity index is 1.63. The number of nitrogens with two attached hydrogens (primary N) is 1. The van der Waals surface area contributed by atoms with Crippen molar-refractivity contribution in [1.29, 1.82) is 0 Å². The Bertz CT molecular complexity index is 563. The zero-order valence-electron chi connectivity index (χ0n) is 12.7. The quantitative estimate of drug-likeness (QED) is 0.586. The van der Waals surface area contributed by atoms with Gasteiger partial charge in [-0.2, -0.15) is 5.10 Å². The molecule has 3 rings (SSSR count). The van der Waals surface area contributed by atoms with Crippen molar-refractivity contribution in [3.63, 3.8) is 0 Å². The van der Waals surface area contributed by atoms with Gasteiger partial charge in [-0.3, -0.25) is 15.3 Å². The number of benzene rings is 1. The van der Waals surface area contributed by atoms with Gasteiger partial charge >= 0.3 is 0 Å². The molecule has 0 bridgehead atoms. The highest BCUT2D eigenvalue weighted by Crippen LogP contribution is 2.26. The highest BCUT2D eigenvalue weighted by atomic mass is 32.2. The monoisotopic (exact) mass is 317 g/mol. The standard InChI is InChI=1S/C16H23N5S/c1-12-14-4-2-3-5-15(14)16(20-19-12)21-10-7-13(8-11-21)6-9-18-22-17/h2-5,13,18-19H,1,6-11,17H2. The molecule has 0 spiro atoms. The fourth-order valence-corrected chi connectivity index (χ4v) is 3.41. The van der Waals surface area contributed by atoms with Gasteiger partial charge in [0.2, 0.25) is 0 Å². The zero-order chi connectivity index (χ0) is 15.4. The molecule has 5 nitrogen and oxygen atoms in total. The van der Waals surface area contributed by atoms with Crippen LogP contribution in [0.25, 0.3) is 5.70 Å². The van der Waals surface area contributed by atoms with E-state index in [1.807, 2.05) is 6.07 Å². The molecule has 1 aromatic carbocycles. The number of nitrogens with one attached hydrogen (secondary N) is 2. The Hall–Kier alpha value is -1.50. The third-order valence-electron chi connectivity index (χ3n) is 4.44. The molecule has 22 heavy (non-hydrogen) atoms. The highest BCUT2D eigenvalue weighted by Gasteiger charge is 2.25. The third-order valence-corrected chi connectivity index (χ3v) is 4.81. The molecule has 1 aromatic rings. The molecule has 1 saturated heterocycles. The molecule has 1 fully saturated rings. The van der Waals surface area contributed by atoms with Crippen LogP contribution in [-0.2, 0) is 0 Å². The van der Waals surface area contributed by atoms with Gasteiger partial charge < -0.3 is 4.90 Å². The Morgan fingerprint density at radius 1 is 1.32 bits per heavy atom. The van der Waals surface area contributed by atoms with Gasteiger partial charge in [0.15, 0.2) is 5.84 Å². The second-order valence-corrected chi connectivity index (χ2v) is 6.33. The van der Waals surface area contributed by atoms with Crippen LogP contribution < -0.4 is 15.3 Å². The molecule has 2 aliphatic heterocycles. The minimum absolute atomic E-state index is 0.776. The Kier molecular flexibility index (Phi) is 5.02. The van der Waals surface area contributed by atoms with Crippen LogP contribution in [0.5, 0.6) is 0 Å². The molecule has 2 aliphatic rings. The summed E-state index contributed by atoms with van der Waals surface area (Å²) >= 11 is 1.21. The van der Waals surface area contributed by atoms with Crippen molar-refractivity contribution in [1.82, 2.24) is 15.0 Å². The molecule has 0 atom stereocenters. The van der Waals surface area contributed by atoms with Crippen LogP contribution in [-0.4, -0.2) is 30.4 Å². The Morgan fingerprint density at radius 3 is 2.77 bits per heavy atom. The first kappa shape index (κ1) is 15.4. The summed E-state index contributed by atoms with van der Waals surface area (Å²) in [7, 11) is 0. The van der Waals surface area contributed by atoms with E-state index in [0.717, 1.165) is 42.6 Å². The van der Waals surface area contributed by atoms with Crippen LogP contribution in [0.2, 0.25) is 0 Å². The summed E-state index contributed by atoms with van der Waals surface area (Å²) in [5, 5.41) is 9.92. The first-order chi connectivity index (χ1) is 10.8. The second kappa shape index (κ2) is 7.17. The van der Waals surface area contributed by atoms with Crippen LogP contribution in [0.1, 0.15) is 30.4 Å². The van der Waals surface area contributed by atoms with E-state index < -0.39 is 0 Å². The van der Waals surface area contributed by atoms with E-state index in [0.29, 0.717) is 0 Å². The lowest BCUT2D eigenvalue weighted by atomic mass is 9.92. The Labute approximate surface area is 136 Å². The van der Waals surface area contributed by atoms with E-state index in [-0.39, 0.29) is 0 Å². The average molecular weight is 317 g/mol. The molecule has 0 unspecified atom stereocenters. The first-order valence-corrected chi connectivity index (χ1v) is 8.63.